The first kappa shape index (κ1) is 13.8. The second-order valence-corrected chi connectivity index (χ2v) is 5.92. The Morgan fingerprint density at radius 2 is 2.00 bits per heavy atom. The van der Waals surface area contributed by atoms with E-state index in [0.717, 1.165) is 10.6 Å². The summed E-state index contributed by atoms with van der Waals surface area (Å²) in [4.78, 5) is 4.30. The van der Waals surface area contributed by atoms with Crippen molar-refractivity contribution >= 4 is 34.5 Å². The zero-order valence-electron chi connectivity index (χ0n) is 10.2. The molecule has 2 rings (SSSR count). The monoisotopic (exact) mass is 300 g/mol. The number of nitrogens with zero attached hydrogens (tertiary/aromatic N) is 1. The zero-order chi connectivity index (χ0) is 13.1. The highest BCUT2D eigenvalue weighted by Crippen LogP contribution is 2.28. The first-order valence-electron chi connectivity index (χ1n) is 5.68. The Morgan fingerprint density at radius 3 is 2.61 bits per heavy atom. The van der Waals surface area contributed by atoms with Gasteiger partial charge < -0.3 is 5.32 Å². The summed E-state index contributed by atoms with van der Waals surface area (Å²) in [5.41, 5.74) is 1.05. The van der Waals surface area contributed by atoms with Crippen molar-refractivity contribution in [1.29, 1.82) is 0 Å². The highest BCUT2D eigenvalue weighted by atomic mass is 35.5. The van der Waals surface area contributed by atoms with E-state index < -0.39 is 0 Å². The molecule has 1 N–H and O–H groups in total. The van der Waals surface area contributed by atoms with Crippen LogP contribution in [-0.2, 0) is 0 Å². The molecular formula is C13H14Cl2N2S. The Labute approximate surface area is 121 Å². The Bertz CT molecular complexity index is 514. The third-order valence-electron chi connectivity index (χ3n) is 2.75. The van der Waals surface area contributed by atoms with Crippen LogP contribution in [0.5, 0.6) is 0 Å². The lowest BCUT2D eigenvalue weighted by Crippen LogP contribution is -2.22. The lowest BCUT2D eigenvalue weighted by Gasteiger charge is -2.20. The highest BCUT2D eigenvalue weighted by Gasteiger charge is 2.15. The maximum absolute atomic E-state index is 6.20. The molecule has 2 nitrogen and oxygen atoms in total. The van der Waals surface area contributed by atoms with Crippen LogP contribution < -0.4 is 5.32 Å². The van der Waals surface area contributed by atoms with E-state index in [0.29, 0.717) is 10.0 Å². The van der Waals surface area contributed by atoms with Crippen molar-refractivity contribution in [2.24, 2.45) is 0 Å². The van der Waals surface area contributed by atoms with Crippen LogP contribution in [0.25, 0.3) is 0 Å². The van der Waals surface area contributed by atoms with Gasteiger partial charge in [0.05, 0.1) is 6.04 Å². The van der Waals surface area contributed by atoms with Gasteiger partial charge in [-0.25, -0.2) is 4.98 Å². The van der Waals surface area contributed by atoms with Crippen LogP contribution in [0.1, 0.15) is 36.5 Å². The van der Waals surface area contributed by atoms with Gasteiger partial charge in [0.25, 0.3) is 0 Å². The largest absolute Gasteiger partial charge is 0.301 e. The molecule has 0 aliphatic carbocycles. The van der Waals surface area contributed by atoms with Crippen molar-refractivity contribution in [1.82, 2.24) is 10.3 Å². The van der Waals surface area contributed by atoms with Gasteiger partial charge in [-0.2, -0.15) is 0 Å². The molecule has 1 heterocycles. The summed E-state index contributed by atoms with van der Waals surface area (Å²) in [6, 6.07) is 5.93. The molecule has 1 aromatic heterocycles. The normalized spacial score (nSPS) is 14.4. The number of benzene rings is 1. The fourth-order valence-corrected chi connectivity index (χ4v) is 3.06. The quantitative estimate of drug-likeness (QED) is 0.872. The third-order valence-corrected chi connectivity index (χ3v) is 4.27. The molecule has 0 saturated carbocycles. The van der Waals surface area contributed by atoms with Crippen LogP contribution in [0.4, 0.5) is 0 Å². The first-order chi connectivity index (χ1) is 8.58. The van der Waals surface area contributed by atoms with E-state index in [9.17, 15) is 0 Å². The van der Waals surface area contributed by atoms with Crippen molar-refractivity contribution in [3.63, 3.8) is 0 Å². The van der Waals surface area contributed by atoms with Gasteiger partial charge in [0.1, 0.15) is 5.01 Å². The summed E-state index contributed by atoms with van der Waals surface area (Å²) < 4.78 is 0. The number of halogens is 2. The Hall–Kier alpha value is -0.610. The summed E-state index contributed by atoms with van der Waals surface area (Å²) in [7, 11) is 0. The van der Waals surface area contributed by atoms with Crippen molar-refractivity contribution in [2.75, 3.05) is 0 Å². The van der Waals surface area contributed by atoms with Crippen LogP contribution in [0, 0.1) is 0 Å². The van der Waals surface area contributed by atoms with E-state index in [1.165, 1.54) is 0 Å². The van der Waals surface area contributed by atoms with Crippen LogP contribution in [0.3, 0.4) is 0 Å². The number of rotatable bonds is 4. The lowest BCUT2D eigenvalue weighted by atomic mass is 10.1. The smallest absolute Gasteiger partial charge is 0.109 e. The van der Waals surface area contributed by atoms with Gasteiger partial charge in [0, 0.05) is 27.7 Å². The molecule has 0 fully saturated rings. The van der Waals surface area contributed by atoms with Crippen LogP contribution in [0.15, 0.2) is 29.8 Å². The summed E-state index contributed by atoms with van der Waals surface area (Å²) >= 11 is 13.7. The van der Waals surface area contributed by atoms with Crippen molar-refractivity contribution < 1.29 is 0 Å². The fourth-order valence-electron chi connectivity index (χ4n) is 1.84. The number of thiazole rings is 1. The highest BCUT2D eigenvalue weighted by molar-refractivity contribution is 7.09. The Balaban J connectivity index is 2.10. The van der Waals surface area contributed by atoms with Gasteiger partial charge in [0.15, 0.2) is 0 Å². The Morgan fingerprint density at radius 1 is 1.22 bits per heavy atom. The molecule has 96 valence electrons. The molecule has 0 bridgehead atoms. The van der Waals surface area contributed by atoms with Gasteiger partial charge in [-0.3, -0.25) is 0 Å². The van der Waals surface area contributed by atoms with E-state index in [2.05, 4.69) is 24.1 Å². The average Bonchev–Trinajstić information content (AvgIpc) is 2.81. The molecule has 1 aromatic carbocycles. The fraction of sp³-hybridized carbons (Fsp3) is 0.308. The van der Waals surface area contributed by atoms with Crippen LogP contribution in [-0.4, -0.2) is 4.98 Å². The number of hydrogen-bond acceptors (Lipinski definition) is 3. The molecule has 0 radical (unpaired) electrons. The molecule has 2 aromatic rings. The Kier molecular flexibility index (Phi) is 4.62. The molecule has 0 saturated heterocycles. The average molecular weight is 301 g/mol. The molecule has 2 unspecified atom stereocenters. The van der Waals surface area contributed by atoms with Gasteiger partial charge in [0.2, 0.25) is 0 Å². The van der Waals surface area contributed by atoms with Crippen molar-refractivity contribution in [3.05, 3.63) is 50.4 Å². The first-order valence-corrected chi connectivity index (χ1v) is 7.32. The second-order valence-electron chi connectivity index (χ2n) is 4.15. The minimum absolute atomic E-state index is 0.147. The topological polar surface area (TPSA) is 24.9 Å². The van der Waals surface area contributed by atoms with Crippen LogP contribution >= 0.6 is 34.5 Å². The van der Waals surface area contributed by atoms with Gasteiger partial charge in [-0.15, -0.1) is 11.3 Å². The van der Waals surface area contributed by atoms with E-state index in [1.807, 2.05) is 23.7 Å². The van der Waals surface area contributed by atoms with Gasteiger partial charge >= 0.3 is 0 Å². The van der Waals surface area contributed by atoms with Crippen molar-refractivity contribution in [3.8, 4) is 0 Å². The lowest BCUT2D eigenvalue weighted by molar-refractivity contribution is 0.493. The standard InChI is InChI=1S/C13H14Cl2N2S/c1-8(11-4-3-10(14)7-12(11)15)17-9(2)13-16-5-6-18-13/h3-9,17H,1-2H3. The summed E-state index contributed by atoms with van der Waals surface area (Å²) in [6.45, 7) is 4.18. The summed E-state index contributed by atoms with van der Waals surface area (Å²) in [5, 5.41) is 7.88. The van der Waals surface area contributed by atoms with E-state index >= 15 is 0 Å². The van der Waals surface area contributed by atoms with Gasteiger partial charge in [-0.05, 0) is 31.5 Å². The molecular weight excluding hydrogens is 287 g/mol. The molecule has 0 amide bonds. The minimum Gasteiger partial charge on any atom is -0.301 e. The predicted octanol–water partition coefficient (Wildman–Crippen LogP) is 4.86. The molecule has 5 heteroatoms. The number of nitrogens with one attached hydrogen (secondary N) is 1. The van der Waals surface area contributed by atoms with Crippen molar-refractivity contribution in [2.45, 2.75) is 25.9 Å². The zero-order valence-corrected chi connectivity index (χ0v) is 12.5. The number of hydrogen-bond donors (Lipinski definition) is 1. The second kappa shape index (κ2) is 6.02. The van der Waals surface area contributed by atoms with Crippen LogP contribution in [0.2, 0.25) is 10.0 Å². The maximum Gasteiger partial charge on any atom is 0.109 e. The molecule has 0 spiro atoms. The van der Waals surface area contributed by atoms with E-state index in [1.54, 1.807) is 17.4 Å². The molecule has 0 aliphatic rings. The molecule has 0 aliphatic heterocycles. The maximum atomic E-state index is 6.20. The van der Waals surface area contributed by atoms with E-state index in [4.69, 9.17) is 23.2 Å². The summed E-state index contributed by atoms with van der Waals surface area (Å²) in [6.07, 6.45) is 1.82. The predicted molar refractivity (Wildman–Crippen MR) is 78.5 cm³/mol. The third kappa shape index (κ3) is 3.23. The SMILES string of the molecule is CC(NC(C)c1ccc(Cl)cc1Cl)c1nccs1. The minimum atomic E-state index is 0.147. The molecule has 18 heavy (non-hydrogen) atoms. The summed E-state index contributed by atoms with van der Waals surface area (Å²) in [5.74, 6) is 0. The van der Waals surface area contributed by atoms with Gasteiger partial charge in [-0.1, -0.05) is 29.3 Å². The molecule has 2 atom stereocenters. The van der Waals surface area contributed by atoms with E-state index in [-0.39, 0.29) is 12.1 Å². The number of aromatic nitrogens is 1.